The molecule has 4 saturated carbocycles. The van der Waals surface area contributed by atoms with E-state index in [0.717, 1.165) is 51.4 Å². The van der Waals surface area contributed by atoms with Gasteiger partial charge in [0.05, 0.1) is 30.9 Å². The topological polar surface area (TPSA) is 294 Å². The molecule has 4 aliphatic carbocycles. The molecule has 0 aromatic rings. The summed E-state index contributed by atoms with van der Waals surface area (Å²) >= 11 is 0. The van der Waals surface area contributed by atoms with Crippen LogP contribution in [0.1, 0.15) is 214 Å². The molecule has 0 radical (unpaired) electrons. The van der Waals surface area contributed by atoms with Gasteiger partial charge < -0.3 is 60.0 Å². The summed E-state index contributed by atoms with van der Waals surface area (Å²) in [5.41, 5.74) is -1.56. The summed E-state index contributed by atoms with van der Waals surface area (Å²) < 4.78 is 42.5. The average Bonchev–Trinajstić information content (AvgIpc) is 1.64. The van der Waals surface area contributed by atoms with Gasteiger partial charge in [0, 0.05) is 68.5 Å². The Balaban J connectivity index is 1.17. The van der Waals surface area contributed by atoms with E-state index in [1.54, 1.807) is 11.8 Å². The van der Waals surface area contributed by atoms with Crippen LogP contribution in [-0.2, 0) is 57.5 Å². The molecule has 4 heterocycles. The lowest BCUT2D eigenvalue weighted by Gasteiger charge is -2.45. The van der Waals surface area contributed by atoms with Crippen LogP contribution >= 0.6 is 0 Å². The molecule has 25 nitrogen and oxygen atoms in total. The van der Waals surface area contributed by atoms with Gasteiger partial charge in [-0.3, -0.25) is 57.5 Å². The summed E-state index contributed by atoms with van der Waals surface area (Å²) in [6.45, 7) is 9.29. The summed E-state index contributed by atoms with van der Waals surface area (Å²) in [7, 11) is 8.79. The Morgan fingerprint density at radius 3 is 1.83 bits per heavy atom. The molecule has 28 heteroatoms. The Morgan fingerprint density at radius 2 is 1.23 bits per heavy atom. The third-order valence-electron chi connectivity index (χ3n) is 24.7. The molecule has 4 saturated heterocycles. The molecular weight excluding hydrogens is 1330 g/mol. The Kier molecular flexibility index (Phi) is 28.4. The van der Waals surface area contributed by atoms with E-state index in [-0.39, 0.29) is 101 Å². The van der Waals surface area contributed by atoms with Gasteiger partial charge in [-0.15, -0.1) is 0 Å². The molecule has 1 spiro atoms. The van der Waals surface area contributed by atoms with Crippen molar-refractivity contribution in [3.63, 3.8) is 0 Å². The summed E-state index contributed by atoms with van der Waals surface area (Å²) in [5.74, 6) is -11.9. The zero-order valence-corrected chi connectivity index (χ0v) is 63.1. The van der Waals surface area contributed by atoms with Crippen molar-refractivity contribution in [2.45, 2.75) is 280 Å². The van der Waals surface area contributed by atoms with Crippen molar-refractivity contribution in [1.29, 1.82) is 5.26 Å². The summed E-state index contributed by atoms with van der Waals surface area (Å²) in [4.78, 5) is 194. The predicted octanol–water partition coefficient (Wildman–Crippen LogP) is 6.16. The minimum atomic E-state index is -4.60. The number of fused-ring (bicyclic) bond motifs is 2. The van der Waals surface area contributed by atoms with Crippen molar-refractivity contribution in [1.82, 2.24) is 60.0 Å². The van der Waals surface area contributed by atoms with Crippen LogP contribution in [0.3, 0.4) is 0 Å². The van der Waals surface area contributed by atoms with E-state index >= 15 is 38.4 Å². The zero-order valence-electron chi connectivity index (χ0n) is 63.1. The number of likely N-dealkylation sites (tertiary alicyclic amines) is 1. The molecule has 0 aromatic carbocycles. The van der Waals surface area contributed by atoms with Crippen LogP contribution in [0.15, 0.2) is 0 Å². The first-order chi connectivity index (χ1) is 48.7. The molecule has 4 aliphatic heterocycles. The smallest absolute Gasteiger partial charge is 0.343 e. The van der Waals surface area contributed by atoms with E-state index in [9.17, 15) is 37.6 Å². The molecule has 3 unspecified atom stereocenters. The number of nitriles is 1. The lowest BCUT2D eigenvalue weighted by Crippen LogP contribution is -2.65. The number of halogens is 3. The second-order valence-corrected chi connectivity index (χ2v) is 32.1. The maximum Gasteiger partial charge on any atom is 0.393 e. The molecule has 13 atom stereocenters. The number of nitrogens with one attached hydrogen (secondary N) is 3. The minimum Gasteiger partial charge on any atom is -0.343 e. The fraction of sp³-hybridized carbons (Fsp3) is 0.827. The quantitative estimate of drug-likeness (QED) is 0.209. The van der Waals surface area contributed by atoms with Gasteiger partial charge in [-0.05, 0) is 146 Å². The Bertz CT molecular complexity index is 3110. The van der Waals surface area contributed by atoms with Crippen molar-refractivity contribution in [3.8, 4) is 6.07 Å². The lowest BCUT2D eigenvalue weighted by atomic mass is 9.72. The van der Waals surface area contributed by atoms with E-state index in [2.05, 4.69) is 16.0 Å². The van der Waals surface area contributed by atoms with Crippen molar-refractivity contribution in [2.75, 3.05) is 75.0 Å². The van der Waals surface area contributed by atoms with Crippen molar-refractivity contribution in [2.24, 2.45) is 41.4 Å². The predicted molar refractivity (Wildman–Crippen MR) is 376 cm³/mol. The fourth-order valence-corrected chi connectivity index (χ4v) is 17.8. The zero-order chi connectivity index (χ0) is 75.5. The summed E-state index contributed by atoms with van der Waals surface area (Å²) in [6, 6.07) is -8.94. The molecule has 103 heavy (non-hydrogen) atoms. The SMILES string of the molecule is CC[C@H](C)[C@@H]1NC(=O)[C@H](CC(C)C)N(C)C(=O)C[C@@H](C(=O)N2CCCCC2)N(C)C(=O)[C@H](C2CCCC2)N(C)C(=O)C2(CCCC2)NC(=O)[C@@H]2CCCN2C(=O)[C@H](CCC2CCC(C(F)(F)F)C(C#N)C2)NC(=O)CN(C)C(=O)[C@H](CC2CCCCC2)N(C)C(=O)[C@@H]2CCN2C(=O)[C@H](C)N(C)C1=O. The van der Waals surface area contributed by atoms with Gasteiger partial charge >= 0.3 is 6.18 Å². The maximum atomic E-state index is 15.8. The van der Waals surface area contributed by atoms with E-state index < -0.39 is 174 Å². The fourth-order valence-electron chi connectivity index (χ4n) is 17.8. The minimum absolute atomic E-state index is 0.0275. The van der Waals surface area contributed by atoms with E-state index in [1.165, 1.54) is 88.4 Å². The number of piperidine rings is 1. The first-order valence-corrected chi connectivity index (χ1v) is 38.6. The van der Waals surface area contributed by atoms with E-state index in [0.29, 0.717) is 64.5 Å². The van der Waals surface area contributed by atoms with E-state index in [4.69, 9.17) is 0 Å². The number of alkyl halides is 3. The number of nitrogens with zero attached hydrogens (tertiary/aromatic N) is 10. The number of carbonyl (C=O) groups excluding carboxylic acids is 12. The van der Waals surface area contributed by atoms with Crippen LogP contribution in [0.2, 0.25) is 0 Å². The summed E-state index contributed by atoms with van der Waals surface area (Å²) in [6.07, 6.45) is 6.77. The molecule has 0 bridgehead atoms. The van der Waals surface area contributed by atoms with Gasteiger partial charge in [0.1, 0.15) is 59.9 Å². The Hall–Kier alpha value is -7.08. The third kappa shape index (κ3) is 19.1. The van der Waals surface area contributed by atoms with Crippen molar-refractivity contribution >= 4 is 70.9 Å². The Morgan fingerprint density at radius 1 is 0.602 bits per heavy atom. The molecule has 8 aliphatic rings. The first-order valence-electron chi connectivity index (χ1n) is 38.6. The normalized spacial score (nSPS) is 31.2. The van der Waals surface area contributed by atoms with Crippen molar-refractivity contribution in [3.05, 3.63) is 0 Å². The van der Waals surface area contributed by atoms with Crippen molar-refractivity contribution < 1.29 is 70.7 Å². The number of amides is 12. The van der Waals surface area contributed by atoms with Gasteiger partial charge in [-0.25, -0.2) is 0 Å². The largest absolute Gasteiger partial charge is 0.393 e. The third-order valence-corrected chi connectivity index (χ3v) is 24.7. The second-order valence-electron chi connectivity index (χ2n) is 32.1. The Labute approximate surface area is 607 Å². The highest BCUT2D eigenvalue weighted by atomic mass is 19.4. The van der Waals surface area contributed by atoms with Crippen LogP contribution in [0.4, 0.5) is 13.2 Å². The van der Waals surface area contributed by atoms with Gasteiger partial charge in [-0.2, -0.15) is 18.4 Å². The number of hydrogen-bond donors (Lipinski definition) is 3. The monoisotopic (exact) mass is 1450 g/mol. The highest BCUT2D eigenvalue weighted by Crippen LogP contribution is 2.45. The molecular formula is C75H118F3N13O12. The van der Waals surface area contributed by atoms with E-state index in [1.807, 2.05) is 26.8 Å². The molecule has 12 amide bonds. The number of rotatable bonds is 11. The highest BCUT2D eigenvalue weighted by Gasteiger charge is 2.53. The highest BCUT2D eigenvalue weighted by molar-refractivity contribution is 6.01. The van der Waals surface area contributed by atoms with Gasteiger partial charge in [0.15, 0.2) is 0 Å². The molecule has 3 N–H and O–H groups in total. The molecule has 8 fully saturated rings. The lowest BCUT2D eigenvalue weighted by molar-refractivity contribution is -0.193. The maximum absolute atomic E-state index is 15.8. The van der Waals surface area contributed by atoms with Crippen LogP contribution in [0, 0.1) is 52.8 Å². The second kappa shape index (κ2) is 35.8. The average molecular weight is 1450 g/mol. The number of likely N-dealkylation sites (N-methyl/N-ethyl adjacent to an activating group) is 6. The summed E-state index contributed by atoms with van der Waals surface area (Å²) in [5, 5.41) is 18.8. The molecule has 0 aromatic heterocycles. The van der Waals surface area contributed by atoms with Gasteiger partial charge in [0.25, 0.3) is 0 Å². The van der Waals surface area contributed by atoms with Crippen LogP contribution in [0.5, 0.6) is 0 Å². The van der Waals surface area contributed by atoms with Gasteiger partial charge in [0.2, 0.25) is 70.9 Å². The van der Waals surface area contributed by atoms with Gasteiger partial charge in [-0.1, -0.05) is 91.9 Å². The number of carbonyl (C=O) groups is 12. The van der Waals surface area contributed by atoms with Crippen LogP contribution in [0.25, 0.3) is 0 Å². The number of hydrogen-bond acceptors (Lipinski definition) is 13. The van der Waals surface area contributed by atoms with Crippen LogP contribution in [-0.4, -0.2) is 256 Å². The van der Waals surface area contributed by atoms with Crippen LogP contribution < -0.4 is 16.0 Å². The first kappa shape index (κ1) is 81.6. The standard InChI is InChI=1S/C75H118F3N13O12/c1-12-47(4)62-71(101)84(7)48(5)66(96)91-39-33-56(91)69(99)86(9)58(42-49-24-15-13-16-25-49)68(98)83(6)45-60(92)80-54(32-30-50-29-31-53(75(76,77)78)52(41-50)44-79)67(97)90-38-23-28-55(90)65(95)82-74(34-19-20-35-74)73(103)88(11)63(51-26-17-18-27-51)72(102)87(10)59(70(100)89-36-21-14-22-37-89)43-61(93)85(8)57(40-46(2)3)64(94)81-62/h46-59,62-63H,12-43,45H2,1-11H3,(H,80,92)(H,81,94)(H,82,95)/t47-,48-,50?,52?,53?,54-,55-,56-,57-,58-,59-,62-,63-/m0/s1. The molecule has 8 rings (SSSR count). The molecule has 576 valence electrons.